The number of aryl methyl sites for hydroxylation is 2. The van der Waals surface area contributed by atoms with Crippen molar-refractivity contribution in [2.75, 3.05) is 17.6 Å². The van der Waals surface area contributed by atoms with Crippen LogP contribution in [0.15, 0.2) is 47.8 Å². The first-order chi connectivity index (χ1) is 12.7. The van der Waals surface area contributed by atoms with Crippen molar-refractivity contribution in [3.8, 4) is 10.7 Å². The first-order valence-corrected chi connectivity index (χ1v) is 9.42. The van der Waals surface area contributed by atoms with Gasteiger partial charge < -0.3 is 15.6 Å². The van der Waals surface area contributed by atoms with Crippen molar-refractivity contribution in [2.24, 2.45) is 7.05 Å². The predicted octanol–water partition coefficient (Wildman–Crippen LogP) is 3.72. The summed E-state index contributed by atoms with van der Waals surface area (Å²) in [5, 5.41) is 5.31. The van der Waals surface area contributed by atoms with Crippen LogP contribution in [0.5, 0.6) is 0 Å². The van der Waals surface area contributed by atoms with E-state index in [0.29, 0.717) is 17.3 Å². The molecule has 0 amide bonds. The van der Waals surface area contributed by atoms with E-state index < -0.39 is 0 Å². The van der Waals surface area contributed by atoms with Gasteiger partial charge in [-0.3, -0.25) is 0 Å². The summed E-state index contributed by atoms with van der Waals surface area (Å²) in [6, 6.07) is 14.5. The molecule has 3 aromatic heterocycles. The number of fused-ring (bicyclic) bond motifs is 1. The van der Waals surface area contributed by atoms with Crippen molar-refractivity contribution >= 4 is 34.3 Å². The summed E-state index contributed by atoms with van der Waals surface area (Å²) in [6.45, 7) is 0.787. The fraction of sp³-hybridized carbons (Fsp3) is 0.211. The smallest absolute Gasteiger partial charge is 0.226 e. The summed E-state index contributed by atoms with van der Waals surface area (Å²) in [6.07, 6.45) is 2.01. The molecular formula is C19H20N6S. The molecule has 26 heavy (non-hydrogen) atoms. The topological polar surface area (TPSA) is 81.7 Å². The summed E-state index contributed by atoms with van der Waals surface area (Å²) in [5.41, 5.74) is 8.84. The van der Waals surface area contributed by atoms with E-state index in [2.05, 4.69) is 44.5 Å². The Morgan fingerprint density at radius 2 is 1.92 bits per heavy atom. The van der Waals surface area contributed by atoms with E-state index in [4.69, 9.17) is 5.73 Å². The van der Waals surface area contributed by atoms with E-state index in [0.717, 1.165) is 35.7 Å². The summed E-state index contributed by atoms with van der Waals surface area (Å²) in [7, 11) is 1.95. The molecule has 0 atom stereocenters. The molecule has 0 aliphatic carbocycles. The highest BCUT2D eigenvalue weighted by atomic mass is 32.1. The Morgan fingerprint density at radius 3 is 2.69 bits per heavy atom. The number of aromatic nitrogens is 4. The molecule has 0 aliphatic rings. The van der Waals surface area contributed by atoms with Crippen LogP contribution in [0.4, 0.5) is 11.8 Å². The standard InChI is InChI=1S/C19H20N6S/c1-25-17(14-10-6-12-26-14)22-15-16(20)23-19(24-18(15)25)21-11-5-9-13-7-3-2-4-8-13/h2-4,6-8,10,12H,5,9,11H2,1H3,(H3,20,21,23,24). The second-order valence-corrected chi connectivity index (χ2v) is 7.04. The molecule has 0 bridgehead atoms. The number of nitrogen functional groups attached to an aromatic ring is 1. The van der Waals surface area contributed by atoms with Gasteiger partial charge in [-0.25, -0.2) is 4.98 Å². The van der Waals surface area contributed by atoms with E-state index >= 15 is 0 Å². The van der Waals surface area contributed by atoms with Crippen LogP contribution in [0.25, 0.3) is 21.9 Å². The van der Waals surface area contributed by atoms with Gasteiger partial charge in [-0.2, -0.15) is 9.97 Å². The van der Waals surface area contributed by atoms with Crippen molar-refractivity contribution in [1.82, 2.24) is 19.5 Å². The molecule has 6 nitrogen and oxygen atoms in total. The normalized spacial score (nSPS) is 11.1. The van der Waals surface area contributed by atoms with Crippen LogP contribution in [-0.4, -0.2) is 26.1 Å². The third kappa shape index (κ3) is 3.25. The highest BCUT2D eigenvalue weighted by Crippen LogP contribution is 2.28. The molecule has 0 aliphatic heterocycles. The SMILES string of the molecule is Cn1c(-c2cccs2)nc2c(N)nc(NCCCc3ccccc3)nc21. The molecule has 0 unspecified atom stereocenters. The Labute approximate surface area is 155 Å². The molecule has 0 saturated carbocycles. The van der Waals surface area contributed by atoms with E-state index in [1.807, 2.05) is 35.2 Å². The Hall–Kier alpha value is -2.93. The monoisotopic (exact) mass is 364 g/mol. The summed E-state index contributed by atoms with van der Waals surface area (Å²) < 4.78 is 1.97. The quantitative estimate of drug-likeness (QED) is 0.510. The first-order valence-electron chi connectivity index (χ1n) is 8.54. The van der Waals surface area contributed by atoms with Gasteiger partial charge in [0.15, 0.2) is 22.8 Å². The lowest BCUT2D eigenvalue weighted by Gasteiger charge is -2.06. The average molecular weight is 364 g/mol. The van der Waals surface area contributed by atoms with E-state index in [-0.39, 0.29) is 0 Å². The van der Waals surface area contributed by atoms with Crippen LogP contribution in [0.2, 0.25) is 0 Å². The zero-order valence-electron chi connectivity index (χ0n) is 14.5. The minimum absolute atomic E-state index is 0.402. The molecular weight excluding hydrogens is 344 g/mol. The molecule has 0 saturated heterocycles. The van der Waals surface area contributed by atoms with Crippen molar-refractivity contribution in [2.45, 2.75) is 12.8 Å². The van der Waals surface area contributed by atoms with Gasteiger partial charge in [-0.05, 0) is 29.9 Å². The highest BCUT2D eigenvalue weighted by molar-refractivity contribution is 7.13. The average Bonchev–Trinajstić information content (AvgIpc) is 3.29. The molecule has 3 heterocycles. The van der Waals surface area contributed by atoms with E-state index in [1.165, 1.54) is 5.56 Å². The summed E-state index contributed by atoms with van der Waals surface area (Å²) in [5.74, 6) is 1.81. The van der Waals surface area contributed by atoms with Gasteiger partial charge in [-0.15, -0.1) is 11.3 Å². The number of imidazole rings is 1. The lowest BCUT2D eigenvalue weighted by molar-refractivity contribution is 0.852. The zero-order chi connectivity index (χ0) is 17.9. The van der Waals surface area contributed by atoms with E-state index in [1.54, 1.807) is 11.3 Å². The van der Waals surface area contributed by atoms with Crippen LogP contribution in [0.3, 0.4) is 0 Å². The second kappa shape index (κ2) is 7.13. The number of nitrogens with zero attached hydrogens (tertiary/aromatic N) is 4. The highest BCUT2D eigenvalue weighted by Gasteiger charge is 2.16. The number of rotatable bonds is 6. The molecule has 7 heteroatoms. The lowest BCUT2D eigenvalue weighted by atomic mass is 10.1. The number of hydrogen-bond donors (Lipinski definition) is 2. The largest absolute Gasteiger partial charge is 0.382 e. The van der Waals surface area contributed by atoms with Gasteiger partial charge in [0.05, 0.1) is 4.88 Å². The number of thiophene rings is 1. The van der Waals surface area contributed by atoms with Gasteiger partial charge in [0, 0.05) is 13.6 Å². The van der Waals surface area contributed by atoms with Gasteiger partial charge in [0.1, 0.15) is 0 Å². The summed E-state index contributed by atoms with van der Waals surface area (Å²) in [4.78, 5) is 14.7. The number of hydrogen-bond acceptors (Lipinski definition) is 6. The van der Waals surface area contributed by atoms with Crippen molar-refractivity contribution in [3.05, 3.63) is 53.4 Å². The van der Waals surface area contributed by atoms with Crippen molar-refractivity contribution in [1.29, 1.82) is 0 Å². The predicted molar refractivity (Wildman–Crippen MR) is 107 cm³/mol. The van der Waals surface area contributed by atoms with Crippen molar-refractivity contribution in [3.63, 3.8) is 0 Å². The van der Waals surface area contributed by atoms with Crippen LogP contribution < -0.4 is 11.1 Å². The minimum Gasteiger partial charge on any atom is -0.382 e. The number of nitrogens with one attached hydrogen (secondary N) is 1. The zero-order valence-corrected chi connectivity index (χ0v) is 15.3. The van der Waals surface area contributed by atoms with Gasteiger partial charge in [0.25, 0.3) is 0 Å². The Bertz CT molecular complexity index is 1010. The van der Waals surface area contributed by atoms with Crippen LogP contribution in [0.1, 0.15) is 12.0 Å². The molecule has 0 spiro atoms. The molecule has 4 rings (SSSR count). The van der Waals surface area contributed by atoms with Gasteiger partial charge >= 0.3 is 0 Å². The molecule has 0 radical (unpaired) electrons. The first kappa shape index (κ1) is 16.5. The maximum absolute atomic E-state index is 6.12. The number of anilines is 2. The maximum Gasteiger partial charge on any atom is 0.226 e. The Kier molecular flexibility index (Phi) is 4.53. The molecule has 4 aromatic rings. The maximum atomic E-state index is 6.12. The third-order valence-corrected chi connectivity index (χ3v) is 5.12. The fourth-order valence-electron chi connectivity index (χ4n) is 2.92. The third-order valence-electron chi connectivity index (χ3n) is 4.26. The van der Waals surface area contributed by atoms with E-state index in [9.17, 15) is 0 Å². The second-order valence-electron chi connectivity index (χ2n) is 6.09. The van der Waals surface area contributed by atoms with Crippen LogP contribution in [-0.2, 0) is 13.5 Å². The van der Waals surface area contributed by atoms with Gasteiger partial charge in [0.2, 0.25) is 5.95 Å². The number of benzene rings is 1. The lowest BCUT2D eigenvalue weighted by Crippen LogP contribution is -2.08. The summed E-state index contributed by atoms with van der Waals surface area (Å²) >= 11 is 1.64. The Morgan fingerprint density at radius 1 is 1.08 bits per heavy atom. The Balaban J connectivity index is 1.50. The molecule has 1 aromatic carbocycles. The minimum atomic E-state index is 0.402. The molecule has 132 valence electrons. The molecule has 0 fully saturated rings. The van der Waals surface area contributed by atoms with Crippen LogP contribution in [0, 0.1) is 0 Å². The molecule has 3 N–H and O–H groups in total. The van der Waals surface area contributed by atoms with Crippen molar-refractivity contribution < 1.29 is 0 Å². The van der Waals surface area contributed by atoms with Gasteiger partial charge in [-0.1, -0.05) is 36.4 Å². The van der Waals surface area contributed by atoms with Crippen LogP contribution >= 0.6 is 11.3 Å². The number of nitrogens with two attached hydrogens (primary N) is 1. The fourth-order valence-corrected chi connectivity index (χ4v) is 3.67.